The Balaban J connectivity index is 2.44. The van der Waals surface area contributed by atoms with Gasteiger partial charge < -0.3 is 25.1 Å². The molecular weight excluding hydrogens is 238 g/mol. The molecule has 2 atom stereocenters. The van der Waals surface area contributed by atoms with E-state index < -0.39 is 24.2 Å². The van der Waals surface area contributed by atoms with Gasteiger partial charge in [-0.2, -0.15) is 0 Å². The van der Waals surface area contributed by atoms with Crippen LogP contribution >= 0.6 is 0 Å². The summed E-state index contributed by atoms with van der Waals surface area (Å²) in [4.78, 5) is 21.9. The highest BCUT2D eigenvalue weighted by Crippen LogP contribution is 2.01. The molecule has 2 N–H and O–H groups in total. The van der Waals surface area contributed by atoms with Crippen LogP contribution in [0.15, 0.2) is 30.3 Å². The molecule has 98 valence electrons. The summed E-state index contributed by atoms with van der Waals surface area (Å²) >= 11 is 0. The van der Waals surface area contributed by atoms with Crippen molar-refractivity contribution in [3.63, 3.8) is 0 Å². The molecule has 0 aliphatic rings. The van der Waals surface area contributed by atoms with Gasteiger partial charge in [-0.1, -0.05) is 30.3 Å². The Bertz CT molecular complexity index is 404. The van der Waals surface area contributed by atoms with Crippen LogP contribution in [-0.4, -0.2) is 29.3 Å². The van der Waals surface area contributed by atoms with Crippen molar-refractivity contribution >= 4 is 12.1 Å². The minimum Gasteiger partial charge on any atom is -0.548 e. The minimum absolute atomic E-state index is 0.0201. The van der Waals surface area contributed by atoms with Crippen molar-refractivity contribution in [2.75, 3.05) is 0 Å². The lowest BCUT2D eigenvalue weighted by Gasteiger charge is -2.21. The quantitative estimate of drug-likeness (QED) is 0.730. The van der Waals surface area contributed by atoms with Crippen LogP contribution in [0.4, 0.5) is 4.79 Å². The van der Waals surface area contributed by atoms with Crippen LogP contribution in [0.2, 0.25) is 0 Å². The van der Waals surface area contributed by atoms with Crippen molar-refractivity contribution in [2.45, 2.75) is 25.7 Å². The Morgan fingerprint density at radius 1 is 1.39 bits per heavy atom. The van der Waals surface area contributed by atoms with Gasteiger partial charge in [0.15, 0.2) is 0 Å². The Labute approximate surface area is 104 Å². The lowest BCUT2D eigenvalue weighted by molar-refractivity contribution is -0.310. The van der Waals surface area contributed by atoms with E-state index in [9.17, 15) is 14.7 Å². The van der Waals surface area contributed by atoms with Crippen LogP contribution in [0, 0.1) is 0 Å². The molecule has 0 saturated heterocycles. The third kappa shape index (κ3) is 4.42. The minimum atomic E-state index is -1.57. The maximum atomic E-state index is 11.3. The average molecular weight is 252 g/mol. The fourth-order valence-electron chi connectivity index (χ4n) is 1.27. The first kappa shape index (κ1) is 14.0. The molecule has 6 heteroatoms. The zero-order valence-electron chi connectivity index (χ0n) is 9.83. The summed E-state index contributed by atoms with van der Waals surface area (Å²) in [5.74, 6) is -1.57. The Morgan fingerprint density at radius 3 is 2.50 bits per heavy atom. The first-order chi connectivity index (χ1) is 8.50. The summed E-state index contributed by atoms with van der Waals surface area (Å²) in [6.45, 7) is 1.25. The van der Waals surface area contributed by atoms with E-state index in [-0.39, 0.29) is 6.61 Å². The summed E-state index contributed by atoms with van der Waals surface area (Å²) in [6, 6.07) is 7.43. The second-order valence-corrected chi connectivity index (χ2v) is 3.74. The smallest absolute Gasteiger partial charge is 0.408 e. The molecule has 0 saturated carbocycles. The number of carboxylic acids is 1. The number of aliphatic carboxylic acids is 1. The average Bonchev–Trinajstić information content (AvgIpc) is 2.34. The first-order valence-electron chi connectivity index (χ1n) is 5.37. The Hall–Kier alpha value is -2.08. The number of amides is 1. The Kier molecular flexibility index (Phi) is 5.13. The molecule has 1 aromatic carbocycles. The van der Waals surface area contributed by atoms with Gasteiger partial charge in [0.1, 0.15) is 6.61 Å². The number of carbonyl (C=O) groups is 2. The molecule has 1 aromatic rings. The van der Waals surface area contributed by atoms with Crippen molar-refractivity contribution in [1.29, 1.82) is 0 Å². The van der Waals surface area contributed by atoms with Crippen LogP contribution < -0.4 is 10.4 Å². The maximum absolute atomic E-state index is 11.3. The number of carboxylic acid groups (broad SMARTS) is 1. The summed E-state index contributed by atoms with van der Waals surface area (Å²) < 4.78 is 4.81. The largest absolute Gasteiger partial charge is 0.548 e. The third-order valence-electron chi connectivity index (χ3n) is 2.22. The van der Waals surface area contributed by atoms with Crippen LogP contribution in [0.3, 0.4) is 0 Å². The molecule has 0 unspecified atom stereocenters. The summed E-state index contributed by atoms with van der Waals surface area (Å²) in [7, 11) is 0. The standard InChI is InChI=1S/C12H15NO5/c1-8(14)10(11(15)16)13-12(17)18-7-9-5-3-2-4-6-9/h2-6,8,10,14H,7H2,1H3,(H,13,17)(H,15,16)/p-1/t8-,10-/m0/s1. The van der Waals surface area contributed by atoms with Crippen molar-refractivity contribution in [3.05, 3.63) is 35.9 Å². The molecule has 0 aliphatic carbocycles. The van der Waals surface area contributed by atoms with Crippen molar-refractivity contribution in [3.8, 4) is 0 Å². The van der Waals surface area contributed by atoms with Gasteiger partial charge in [0, 0.05) is 0 Å². The number of aliphatic hydroxyl groups excluding tert-OH is 1. The van der Waals surface area contributed by atoms with E-state index in [1.807, 2.05) is 11.4 Å². The number of benzene rings is 1. The number of rotatable bonds is 5. The molecule has 0 radical (unpaired) electrons. The maximum Gasteiger partial charge on any atom is 0.408 e. The summed E-state index contributed by atoms with van der Waals surface area (Å²) in [5.41, 5.74) is 0.773. The van der Waals surface area contributed by atoms with E-state index in [2.05, 4.69) is 0 Å². The zero-order valence-corrected chi connectivity index (χ0v) is 9.83. The highest BCUT2D eigenvalue weighted by atomic mass is 16.5. The molecule has 0 bridgehead atoms. The molecule has 0 fully saturated rings. The molecule has 18 heavy (non-hydrogen) atoms. The number of ether oxygens (including phenoxy) is 1. The number of hydrogen-bond acceptors (Lipinski definition) is 5. The lowest BCUT2D eigenvalue weighted by Crippen LogP contribution is -2.53. The van der Waals surface area contributed by atoms with Gasteiger partial charge in [-0.3, -0.25) is 0 Å². The number of aliphatic hydroxyl groups is 1. The first-order valence-corrected chi connectivity index (χ1v) is 5.37. The molecule has 0 spiro atoms. The van der Waals surface area contributed by atoms with Gasteiger partial charge in [-0.25, -0.2) is 4.79 Å². The van der Waals surface area contributed by atoms with Gasteiger partial charge in [-0.05, 0) is 12.5 Å². The van der Waals surface area contributed by atoms with Crippen LogP contribution in [0.5, 0.6) is 0 Å². The fraction of sp³-hybridized carbons (Fsp3) is 0.333. The lowest BCUT2D eigenvalue weighted by atomic mass is 10.2. The molecule has 0 aliphatic heterocycles. The number of nitrogens with one attached hydrogen (secondary N) is 1. The second-order valence-electron chi connectivity index (χ2n) is 3.74. The van der Waals surface area contributed by atoms with E-state index >= 15 is 0 Å². The third-order valence-corrected chi connectivity index (χ3v) is 2.22. The van der Waals surface area contributed by atoms with Gasteiger partial charge in [-0.15, -0.1) is 0 Å². The van der Waals surface area contributed by atoms with Gasteiger partial charge >= 0.3 is 6.09 Å². The number of alkyl carbamates (subject to hydrolysis) is 1. The molecular formula is C12H14NO5-. The van der Waals surface area contributed by atoms with E-state index in [0.717, 1.165) is 5.56 Å². The SMILES string of the molecule is C[C@H](O)[C@H](NC(=O)OCc1ccccc1)C(=O)[O-]. The topological polar surface area (TPSA) is 98.7 Å². The molecule has 0 aromatic heterocycles. The highest BCUT2D eigenvalue weighted by Gasteiger charge is 2.19. The van der Waals surface area contributed by atoms with Crippen molar-refractivity contribution < 1.29 is 24.5 Å². The van der Waals surface area contributed by atoms with Gasteiger partial charge in [0.25, 0.3) is 0 Å². The highest BCUT2D eigenvalue weighted by molar-refractivity contribution is 5.79. The van der Waals surface area contributed by atoms with Crippen molar-refractivity contribution in [1.82, 2.24) is 5.32 Å². The Morgan fingerprint density at radius 2 is 2.00 bits per heavy atom. The van der Waals surface area contributed by atoms with E-state index in [4.69, 9.17) is 9.84 Å². The van der Waals surface area contributed by atoms with Crippen LogP contribution in [-0.2, 0) is 16.1 Å². The van der Waals surface area contributed by atoms with Crippen LogP contribution in [0.1, 0.15) is 12.5 Å². The molecule has 6 nitrogen and oxygen atoms in total. The fourth-order valence-corrected chi connectivity index (χ4v) is 1.27. The zero-order chi connectivity index (χ0) is 13.5. The van der Waals surface area contributed by atoms with Gasteiger partial charge in [0.05, 0.1) is 18.1 Å². The van der Waals surface area contributed by atoms with E-state index in [0.29, 0.717) is 0 Å². The van der Waals surface area contributed by atoms with Crippen LogP contribution in [0.25, 0.3) is 0 Å². The summed E-state index contributed by atoms with van der Waals surface area (Å²) in [5, 5.41) is 21.7. The number of hydrogen-bond donors (Lipinski definition) is 2. The summed E-state index contributed by atoms with van der Waals surface area (Å²) in [6.07, 6.45) is -2.19. The normalized spacial score (nSPS) is 13.4. The second kappa shape index (κ2) is 6.61. The number of carbonyl (C=O) groups excluding carboxylic acids is 2. The molecule has 1 rings (SSSR count). The molecule has 1 amide bonds. The van der Waals surface area contributed by atoms with Gasteiger partial charge in [0.2, 0.25) is 0 Å². The monoisotopic (exact) mass is 252 g/mol. The molecule has 0 heterocycles. The predicted molar refractivity (Wildman–Crippen MR) is 60.2 cm³/mol. The van der Waals surface area contributed by atoms with E-state index in [1.54, 1.807) is 24.3 Å². The predicted octanol–water partition coefficient (Wildman–Crippen LogP) is -0.588. The van der Waals surface area contributed by atoms with Crippen molar-refractivity contribution in [2.24, 2.45) is 0 Å². The van der Waals surface area contributed by atoms with E-state index in [1.165, 1.54) is 6.92 Å².